The van der Waals surface area contributed by atoms with E-state index in [4.69, 9.17) is 14.9 Å². The van der Waals surface area contributed by atoms with Crippen LogP contribution in [0.2, 0.25) is 0 Å². The highest BCUT2D eigenvalue weighted by molar-refractivity contribution is 5.72. The second-order valence-corrected chi connectivity index (χ2v) is 13.1. The van der Waals surface area contributed by atoms with Gasteiger partial charge in [-0.2, -0.15) is 10.2 Å². The second kappa shape index (κ2) is 9.81. The average molecular weight is 508 g/mol. The first-order chi connectivity index (χ1) is 17.5. The Morgan fingerprint density at radius 1 is 1.11 bits per heavy atom. The number of aromatic nitrogens is 2. The van der Waals surface area contributed by atoms with Gasteiger partial charge in [-0.1, -0.05) is 32.4 Å². The summed E-state index contributed by atoms with van der Waals surface area (Å²) in [7, 11) is 0. The fourth-order valence-corrected chi connectivity index (χ4v) is 8.73. The second-order valence-electron chi connectivity index (χ2n) is 13.1. The standard InChI is InChI=1S/C31H45N3O3/c1-18(17-32-20(3)35)7-10-27-19(2)29-28(34-33-27)16-26-24-9-8-22-15-23(37-21(4)36)11-13-30(22,5)25(24)12-14-31(26,29)6/h8,18,23-26H,7,9-17H2,1-6H3,(H,32,35)/t18-,23-,24+,25-,26-,30-,31-/m1/s1. The molecule has 1 aromatic rings. The Morgan fingerprint density at radius 2 is 1.86 bits per heavy atom. The van der Waals surface area contributed by atoms with E-state index in [9.17, 15) is 9.59 Å². The number of nitrogens with one attached hydrogen (secondary N) is 1. The molecular formula is C31H45N3O3. The third kappa shape index (κ3) is 4.63. The molecule has 0 spiro atoms. The van der Waals surface area contributed by atoms with Gasteiger partial charge in [-0.15, -0.1) is 0 Å². The summed E-state index contributed by atoms with van der Waals surface area (Å²) in [6, 6.07) is 0. The van der Waals surface area contributed by atoms with Gasteiger partial charge in [-0.3, -0.25) is 9.59 Å². The summed E-state index contributed by atoms with van der Waals surface area (Å²) in [6.45, 7) is 13.3. The van der Waals surface area contributed by atoms with Gasteiger partial charge < -0.3 is 10.1 Å². The summed E-state index contributed by atoms with van der Waals surface area (Å²) < 4.78 is 5.62. The van der Waals surface area contributed by atoms with Gasteiger partial charge in [0.1, 0.15) is 6.10 Å². The van der Waals surface area contributed by atoms with Crippen molar-refractivity contribution in [3.8, 4) is 0 Å². The number of esters is 1. The van der Waals surface area contributed by atoms with Gasteiger partial charge in [-0.05, 0) is 104 Å². The minimum atomic E-state index is -0.155. The number of hydrogen-bond acceptors (Lipinski definition) is 5. The molecule has 6 nitrogen and oxygen atoms in total. The van der Waals surface area contributed by atoms with Crippen LogP contribution in [0.1, 0.15) is 102 Å². The van der Waals surface area contributed by atoms with Crippen molar-refractivity contribution in [3.63, 3.8) is 0 Å². The molecule has 202 valence electrons. The Kier molecular flexibility index (Phi) is 6.99. The number of hydrogen-bond donors (Lipinski definition) is 1. The van der Waals surface area contributed by atoms with Crippen molar-refractivity contribution < 1.29 is 14.3 Å². The van der Waals surface area contributed by atoms with Crippen LogP contribution in [-0.4, -0.2) is 34.7 Å². The molecule has 1 N–H and O–H groups in total. The van der Waals surface area contributed by atoms with E-state index in [0.29, 0.717) is 30.2 Å². The molecule has 37 heavy (non-hydrogen) atoms. The van der Waals surface area contributed by atoms with Gasteiger partial charge in [0.05, 0.1) is 11.4 Å². The van der Waals surface area contributed by atoms with Crippen molar-refractivity contribution in [1.29, 1.82) is 0 Å². The number of ether oxygens (including phenoxy) is 1. The van der Waals surface area contributed by atoms with E-state index in [-0.39, 0.29) is 28.8 Å². The summed E-state index contributed by atoms with van der Waals surface area (Å²) in [5, 5.41) is 12.5. The lowest BCUT2D eigenvalue weighted by Crippen LogP contribution is -2.51. The minimum Gasteiger partial charge on any atom is -0.462 e. The molecule has 0 aliphatic heterocycles. The number of carbonyl (C=O) groups is 2. The Balaban J connectivity index is 1.35. The lowest BCUT2D eigenvalue weighted by molar-refractivity contribution is -0.148. The summed E-state index contributed by atoms with van der Waals surface area (Å²) in [5.74, 6) is 2.28. The maximum atomic E-state index is 11.6. The molecule has 2 fully saturated rings. The van der Waals surface area contributed by atoms with Gasteiger partial charge in [0, 0.05) is 26.8 Å². The lowest BCUT2D eigenvalue weighted by Gasteiger charge is -2.57. The number of rotatable bonds is 6. The van der Waals surface area contributed by atoms with Crippen LogP contribution in [-0.2, 0) is 32.6 Å². The van der Waals surface area contributed by atoms with E-state index in [0.717, 1.165) is 50.6 Å². The monoisotopic (exact) mass is 507 g/mol. The predicted molar refractivity (Wildman–Crippen MR) is 144 cm³/mol. The van der Waals surface area contributed by atoms with Crippen molar-refractivity contribution in [3.05, 3.63) is 34.2 Å². The highest BCUT2D eigenvalue weighted by Gasteiger charge is 2.58. The fourth-order valence-electron chi connectivity index (χ4n) is 8.73. The lowest BCUT2D eigenvalue weighted by atomic mass is 9.47. The van der Waals surface area contributed by atoms with Crippen molar-refractivity contribution in [2.45, 2.75) is 111 Å². The normalized spacial score (nSPS) is 34.8. The molecule has 6 heteroatoms. The zero-order valence-electron chi connectivity index (χ0n) is 23.7. The third-order valence-electron chi connectivity index (χ3n) is 10.7. The van der Waals surface area contributed by atoms with E-state index in [2.05, 4.69) is 39.1 Å². The maximum Gasteiger partial charge on any atom is 0.302 e. The highest BCUT2D eigenvalue weighted by Crippen LogP contribution is 2.64. The summed E-state index contributed by atoms with van der Waals surface area (Å²) in [4.78, 5) is 22.8. The van der Waals surface area contributed by atoms with E-state index < -0.39 is 0 Å². The molecule has 0 radical (unpaired) electrons. The van der Waals surface area contributed by atoms with Crippen LogP contribution in [0.3, 0.4) is 0 Å². The number of allylic oxidation sites excluding steroid dienone is 1. The largest absolute Gasteiger partial charge is 0.462 e. The summed E-state index contributed by atoms with van der Waals surface area (Å²) in [6.07, 6.45) is 12.2. The Bertz CT molecular complexity index is 1110. The highest BCUT2D eigenvalue weighted by atomic mass is 16.5. The average Bonchev–Trinajstić information content (AvgIpc) is 3.15. The van der Waals surface area contributed by atoms with Crippen molar-refractivity contribution in [2.24, 2.45) is 29.1 Å². The number of aryl methyl sites for hydroxylation is 1. The Hall–Kier alpha value is -2.24. The van der Waals surface area contributed by atoms with Crippen LogP contribution in [0.15, 0.2) is 11.6 Å². The van der Waals surface area contributed by atoms with Crippen LogP contribution in [0, 0.1) is 36.0 Å². The molecule has 1 amide bonds. The van der Waals surface area contributed by atoms with Crippen molar-refractivity contribution in [1.82, 2.24) is 15.5 Å². The van der Waals surface area contributed by atoms with E-state index in [1.54, 1.807) is 6.92 Å². The van der Waals surface area contributed by atoms with E-state index in [1.165, 1.54) is 42.2 Å². The first kappa shape index (κ1) is 26.4. The molecule has 5 rings (SSSR count). The molecule has 0 saturated heterocycles. The van der Waals surface area contributed by atoms with E-state index >= 15 is 0 Å². The zero-order chi connectivity index (χ0) is 26.5. The Labute approximate surface area is 222 Å². The molecule has 2 saturated carbocycles. The molecule has 4 aliphatic rings. The van der Waals surface area contributed by atoms with Crippen molar-refractivity contribution in [2.75, 3.05) is 6.54 Å². The first-order valence-corrected chi connectivity index (χ1v) is 14.5. The molecule has 0 aromatic carbocycles. The van der Waals surface area contributed by atoms with E-state index in [1.807, 2.05) is 0 Å². The summed E-state index contributed by atoms with van der Waals surface area (Å²) >= 11 is 0. The van der Waals surface area contributed by atoms with Gasteiger partial charge >= 0.3 is 5.97 Å². The maximum absolute atomic E-state index is 11.6. The van der Waals surface area contributed by atoms with Crippen LogP contribution < -0.4 is 5.32 Å². The molecule has 1 aromatic heterocycles. The quantitative estimate of drug-likeness (QED) is 0.412. The zero-order valence-corrected chi connectivity index (χ0v) is 23.7. The molecule has 0 bridgehead atoms. The van der Waals surface area contributed by atoms with Crippen LogP contribution in [0.5, 0.6) is 0 Å². The Morgan fingerprint density at radius 3 is 2.59 bits per heavy atom. The van der Waals surface area contributed by atoms with Gasteiger partial charge in [0.25, 0.3) is 0 Å². The fraction of sp³-hybridized carbons (Fsp3) is 0.742. The molecule has 1 heterocycles. The van der Waals surface area contributed by atoms with Crippen LogP contribution in [0.25, 0.3) is 0 Å². The number of fused-ring (bicyclic) bond motifs is 7. The third-order valence-corrected chi connectivity index (χ3v) is 10.7. The van der Waals surface area contributed by atoms with Crippen molar-refractivity contribution >= 4 is 11.9 Å². The topological polar surface area (TPSA) is 81.2 Å². The minimum absolute atomic E-state index is 0.0332. The van der Waals surface area contributed by atoms with Crippen LogP contribution in [0.4, 0.5) is 0 Å². The molecule has 4 aliphatic carbocycles. The van der Waals surface area contributed by atoms with Crippen LogP contribution >= 0.6 is 0 Å². The molecule has 0 unspecified atom stereocenters. The van der Waals surface area contributed by atoms with Gasteiger partial charge in [0.2, 0.25) is 5.91 Å². The van der Waals surface area contributed by atoms with Gasteiger partial charge in [-0.25, -0.2) is 0 Å². The number of nitrogens with zero attached hydrogens (tertiary/aromatic N) is 2. The first-order valence-electron chi connectivity index (χ1n) is 14.5. The molecule has 7 atom stereocenters. The number of carbonyl (C=O) groups excluding carboxylic acids is 2. The smallest absolute Gasteiger partial charge is 0.302 e. The number of amides is 1. The SMILES string of the molecule is CC(=O)NC[C@H](C)CCc1nnc2c(c1C)[C@]1(C)CC[C@@H]3[C@H](CC=C4C[C@H](OC(C)=O)CC[C@]43C)[C@H]1C2. The van der Waals surface area contributed by atoms with Gasteiger partial charge in [0.15, 0.2) is 0 Å². The predicted octanol–water partition coefficient (Wildman–Crippen LogP) is 5.40. The summed E-state index contributed by atoms with van der Waals surface area (Å²) in [5.41, 5.74) is 7.17. The molecular weight excluding hydrogens is 462 g/mol.